The lowest BCUT2D eigenvalue weighted by Gasteiger charge is -2.17. The number of rotatable bonds is 10. The topological polar surface area (TPSA) is 138 Å². The molecule has 12 heteroatoms. The molecule has 4 N–H and O–H groups in total. The van der Waals surface area contributed by atoms with Crippen LogP contribution in [0.5, 0.6) is 0 Å². The van der Waals surface area contributed by atoms with Crippen LogP contribution >= 0.6 is 11.8 Å². The Kier molecular flexibility index (Phi) is 4.25. The van der Waals surface area contributed by atoms with Crippen molar-refractivity contribution in [2.24, 2.45) is 0 Å². The molecule has 0 saturated heterocycles. The van der Waals surface area contributed by atoms with Crippen LogP contribution in [0.4, 0.5) is 10.2 Å². The summed E-state index contributed by atoms with van der Waals surface area (Å²) in [5.41, 5.74) is -3.38. The maximum absolute atomic E-state index is 14.4. The summed E-state index contributed by atoms with van der Waals surface area (Å²) in [5.74, 6) is -1.99. The van der Waals surface area contributed by atoms with Gasteiger partial charge >= 0.3 is 0 Å². The number of hydrogen-bond donors (Lipinski definition) is 4. The van der Waals surface area contributed by atoms with E-state index in [1.807, 2.05) is 0 Å². The van der Waals surface area contributed by atoms with Gasteiger partial charge in [0.25, 0.3) is 0 Å². The summed E-state index contributed by atoms with van der Waals surface area (Å²) in [7, 11) is 0. The lowest BCUT2D eigenvalue weighted by molar-refractivity contribution is -0.0629. The van der Waals surface area contributed by atoms with Gasteiger partial charge in [0.15, 0.2) is 22.1 Å². The first-order valence-corrected chi connectivity index (χ1v) is 11.6. The average molecular weight is 531 g/mol. The van der Waals surface area contributed by atoms with E-state index >= 15 is 0 Å². The average Bonchev–Trinajstić information content (AvgIpc) is 3.24. The Hall–Kier alpha value is -2.38. The normalized spacial score (nSPS) is 46.9. The SMILES string of the molecule is [2H]C1[C@@H](c2ccc(C)c(F)c2)[C@]1([2H])Nc1nc(SC([2H])([2H])C([2H])([2H])C)nc2c1nnn2[C@]1([2H])C([2H])([2H])[C@]([2H])(OCCO)[C@@]([2H])(O)[C@@]1([2H])O. The Morgan fingerprint density at radius 2 is 2.19 bits per heavy atom. The van der Waals surface area contributed by atoms with Crippen molar-refractivity contribution in [2.45, 2.75) is 74.3 Å². The molecular formula is C24H31FN6O4S. The largest absolute Gasteiger partial charge is 0.394 e. The minimum atomic E-state index is -4.00. The molecule has 7 atom stereocenters. The summed E-state index contributed by atoms with van der Waals surface area (Å²) in [6.07, 6.45) is -19.0. The molecule has 3 aromatic rings. The van der Waals surface area contributed by atoms with Gasteiger partial charge in [-0.3, -0.25) is 0 Å². The second-order valence-corrected chi connectivity index (χ2v) is 8.56. The number of aliphatic hydroxyl groups is 3. The Morgan fingerprint density at radius 3 is 2.94 bits per heavy atom. The highest BCUT2D eigenvalue weighted by molar-refractivity contribution is 7.99. The molecule has 0 aliphatic heterocycles. The molecule has 2 aromatic heterocycles. The van der Waals surface area contributed by atoms with Crippen molar-refractivity contribution in [3.8, 4) is 0 Å². The first-order chi connectivity index (χ1) is 21.8. The van der Waals surface area contributed by atoms with Gasteiger partial charge < -0.3 is 25.4 Å². The number of hydrogen-bond acceptors (Lipinski definition) is 10. The van der Waals surface area contributed by atoms with Crippen molar-refractivity contribution in [1.82, 2.24) is 25.0 Å². The maximum atomic E-state index is 14.4. The molecule has 0 radical (unpaired) electrons. The minimum Gasteiger partial charge on any atom is -0.394 e. The number of benzene rings is 1. The predicted molar refractivity (Wildman–Crippen MR) is 133 cm³/mol. The fourth-order valence-electron chi connectivity index (χ4n) is 3.49. The summed E-state index contributed by atoms with van der Waals surface area (Å²) in [5, 5.41) is 40.9. The molecule has 2 saturated carbocycles. The van der Waals surface area contributed by atoms with Gasteiger partial charge in [-0.2, -0.15) is 0 Å². The zero-order valence-electron chi connectivity index (χ0n) is 31.1. The highest BCUT2D eigenvalue weighted by Crippen LogP contribution is 2.44. The summed E-state index contributed by atoms with van der Waals surface area (Å²) in [6, 6.07) is -1.47. The van der Waals surface area contributed by atoms with Crippen LogP contribution in [-0.4, -0.2) is 83.5 Å². The Balaban J connectivity index is 1.71. The third-order valence-electron chi connectivity index (χ3n) is 5.36. The fourth-order valence-corrected chi connectivity index (χ4v) is 3.95. The molecule has 0 amide bonds. The van der Waals surface area contributed by atoms with Crippen molar-refractivity contribution in [2.75, 3.05) is 24.2 Å². The number of nitrogens with one attached hydrogen (secondary N) is 1. The first kappa shape index (κ1) is 14.5. The van der Waals surface area contributed by atoms with Crippen LogP contribution in [0.1, 0.15) is 65.6 Å². The molecule has 0 bridgehead atoms. The van der Waals surface area contributed by atoms with E-state index in [0.29, 0.717) is 5.56 Å². The van der Waals surface area contributed by atoms with Crippen molar-refractivity contribution in [3.05, 3.63) is 35.1 Å². The van der Waals surface area contributed by atoms with E-state index in [-0.39, 0.29) is 22.0 Å². The highest BCUT2D eigenvalue weighted by atomic mass is 32.2. The molecular weight excluding hydrogens is 487 g/mol. The van der Waals surface area contributed by atoms with Crippen LogP contribution in [0.25, 0.3) is 11.2 Å². The Morgan fingerprint density at radius 1 is 1.36 bits per heavy atom. The van der Waals surface area contributed by atoms with E-state index in [0.717, 1.165) is 6.92 Å². The number of halogens is 1. The minimum absolute atomic E-state index is 0.123. The van der Waals surface area contributed by atoms with Crippen molar-refractivity contribution >= 4 is 28.7 Å². The van der Waals surface area contributed by atoms with E-state index in [2.05, 4.69) is 25.6 Å². The Labute approximate surface area is 229 Å². The smallest absolute Gasteiger partial charge is 0.191 e. The molecule has 2 fully saturated rings. The van der Waals surface area contributed by atoms with Crippen molar-refractivity contribution in [1.29, 1.82) is 0 Å². The zero-order chi connectivity index (χ0) is 36.3. The molecule has 5 rings (SSSR count). The third-order valence-corrected chi connectivity index (χ3v) is 6.03. The number of aromatic nitrogens is 5. The summed E-state index contributed by atoms with van der Waals surface area (Å²) in [6.45, 7) is 0.774. The molecule has 194 valence electrons. The van der Waals surface area contributed by atoms with Crippen LogP contribution in [0, 0.1) is 12.7 Å². The van der Waals surface area contributed by atoms with Crippen LogP contribution in [0.2, 0.25) is 0 Å². The fraction of sp³-hybridized carbons (Fsp3) is 0.583. The van der Waals surface area contributed by atoms with Gasteiger partial charge in [-0.1, -0.05) is 36.0 Å². The van der Waals surface area contributed by atoms with Gasteiger partial charge in [0.2, 0.25) is 0 Å². The molecule has 2 heterocycles. The molecule has 2 aliphatic carbocycles. The van der Waals surface area contributed by atoms with Gasteiger partial charge in [0, 0.05) is 33.6 Å². The van der Waals surface area contributed by atoms with E-state index < -0.39 is 102 Å². The van der Waals surface area contributed by atoms with Crippen LogP contribution in [0.15, 0.2) is 23.4 Å². The second-order valence-electron chi connectivity index (χ2n) is 7.79. The summed E-state index contributed by atoms with van der Waals surface area (Å²) < 4.78 is 121. The van der Waals surface area contributed by atoms with Crippen LogP contribution in [0.3, 0.4) is 0 Å². The quantitative estimate of drug-likeness (QED) is 0.228. The monoisotopic (exact) mass is 530 g/mol. The number of fused-ring (bicyclic) bond motifs is 1. The Bertz CT molecular complexity index is 1770. The number of aliphatic hydroxyl groups excluding tert-OH is 1. The predicted octanol–water partition coefficient (Wildman–Crippen LogP) is 2.18. The van der Waals surface area contributed by atoms with E-state index in [1.165, 1.54) is 25.1 Å². The number of aryl methyl sites for hydroxylation is 1. The maximum Gasteiger partial charge on any atom is 0.191 e. The van der Waals surface area contributed by atoms with Crippen molar-refractivity contribution < 1.29 is 40.9 Å². The lowest BCUT2D eigenvalue weighted by atomic mass is 10.1. The van der Waals surface area contributed by atoms with Crippen LogP contribution < -0.4 is 5.32 Å². The third kappa shape index (κ3) is 4.92. The zero-order valence-corrected chi connectivity index (χ0v) is 19.9. The van der Waals surface area contributed by atoms with Crippen molar-refractivity contribution in [3.63, 3.8) is 0 Å². The molecule has 10 nitrogen and oxygen atoms in total. The summed E-state index contributed by atoms with van der Waals surface area (Å²) >= 11 is 0.123. The lowest BCUT2D eigenvalue weighted by Crippen LogP contribution is -2.33. The highest BCUT2D eigenvalue weighted by Gasteiger charge is 2.45. The summed E-state index contributed by atoms with van der Waals surface area (Å²) in [4.78, 5) is 8.21. The number of thioether (sulfide) groups is 1. The second kappa shape index (κ2) is 10.5. The van der Waals surface area contributed by atoms with Crippen LogP contribution in [-0.2, 0) is 4.74 Å². The molecule has 0 spiro atoms. The van der Waals surface area contributed by atoms with Gasteiger partial charge in [0.1, 0.15) is 18.0 Å². The van der Waals surface area contributed by atoms with Gasteiger partial charge in [-0.05, 0) is 36.9 Å². The molecule has 36 heavy (non-hydrogen) atoms. The molecule has 2 aliphatic rings. The van der Waals surface area contributed by atoms with Gasteiger partial charge in [0.05, 0.1) is 32.2 Å². The first-order valence-electron chi connectivity index (χ1n) is 16.8. The number of nitrogens with zero attached hydrogens (tertiary/aromatic N) is 5. The van der Waals surface area contributed by atoms with Gasteiger partial charge in [-0.15, -0.1) is 5.10 Å². The van der Waals surface area contributed by atoms with E-state index in [1.54, 1.807) is 0 Å². The van der Waals surface area contributed by atoms with Gasteiger partial charge in [-0.25, -0.2) is 19.0 Å². The standard InChI is InChI=1S/C24H31FN6O4S/c1-3-8-36-24-27-22(26-16-10-14(16)13-5-4-12(2)15(25)9-13)19-23(28-24)31(30-29-19)17-11-18(35-7-6-32)21(34)20(17)33/h4-5,9,14,16-18,20-21,32-34H,3,6-8,10-11H2,1-2H3,(H,26,27,28)/t14-,16+,17+,18-,20-,21+/m0/s1/i3D2,8D2,10D,11D2,16D,17D,18D,20D,21D/t10?,14-,16+,17+,18-,20-,21+. The molecule has 1 aromatic carbocycles. The number of anilines is 1. The van der Waals surface area contributed by atoms with E-state index in [4.69, 9.17) is 21.2 Å². The molecule has 1 unspecified atom stereocenters. The van der Waals surface area contributed by atoms with E-state index in [9.17, 15) is 19.7 Å². The number of ether oxygens (including phenoxy) is 1.